The van der Waals surface area contributed by atoms with Crippen LogP contribution in [0.1, 0.15) is 30.1 Å². The number of hydrogen-bond acceptors (Lipinski definition) is 6. The molecule has 0 saturated carbocycles. The third kappa shape index (κ3) is 4.97. The maximum atomic E-state index is 11.9. The van der Waals surface area contributed by atoms with Gasteiger partial charge in [-0.2, -0.15) is 0 Å². The highest BCUT2D eigenvalue weighted by molar-refractivity contribution is 7.17. The largest absolute Gasteiger partial charge is 0.360 e. The Bertz CT molecular complexity index is 379. The van der Waals surface area contributed by atoms with E-state index >= 15 is 0 Å². The quantitative estimate of drug-likeness (QED) is 0.775. The average Bonchev–Trinajstić information content (AvgIpc) is 2.75. The summed E-state index contributed by atoms with van der Waals surface area (Å²) in [5.41, 5.74) is 0. The van der Waals surface area contributed by atoms with Crippen molar-refractivity contribution >= 4 is 22.4 Å². The van der Waals surface area contributed by atoms with Crippen molar-refractivity contribution in [3.05, 3.63) is 5.01 Å². The van der Waals surface area contributed by atoms with Crippen molar-refractivity contribution in [2.75, 3.05) is 32.5 Å². The number of carbonyl (C=O) groups excluding carboxylic acids is 1. The lowest BCUT2D eigenvalue weighted by atomic mass is 10.2. The van der Waals surface area contributed by atoms with E-state index in [1.165, 1.54) is 11.3 Å². The van der Waals surface area contributed by atoms with Crippen LogP contribution in [0.4, 0.5) is 5.13 Å². The highest BCUT2D eigenvalue weighted by Gasteiger charge is 2.14. The molecule has 0 aromatic carbocycles. The fourth-order valence-corrected chi connectivity index (χ4v) is 2.06. The zero-order chi connectivity index (χ0) is 13.5. The number of nitrogens with zero attached hydrogens (tertiary/aromatic N) is 3. The van der Waals surface area contributed by atoms with E-state index in [9.17, 15) is 4.79 Å². The van der Waals surface area contributed by atoms with Crippen LogP contribution in [0.3, 0.4) is 0 Å². The Morgan fingerprint density at radius 1 is 1.44 bits per heavy atom. The summed E-state index contributed by atoms with van der Waals surface area (Å²) in [5.74, 6) is -0.150. The molecule has 1 aromatic rings. The molecule has 0 radical (unpaired) electrons. The Morgan fingerprint density at radius 3 is 2.78 bits per heavy atom. The fraction of sp³-hybridized carbons (Fsp3) is 0.727. The molecular weight excluding hydrogens is 250 g/mol. The van der Waals surface area contributed by atoms with E-state index in [0.717, 1.165) is 19.5 Å². The third-order valence-corrected chi connectivity index (χ3v) is 3.21. The van der Waals surface area contributed by atoms with Crippen LogP contribution < -0.4 is 10.6 Å². The van der Waals surface area contributed by atoms with Crippen molar-refractivity contribution in [1.29, 1.82) is 0 Å². The second-order valence-corrected chi connectivity index (χ2v) is 5.39. The van der Waals surface area contributed by atoms with E-state index in [-0.39, 0.29) is 11.9 Å². The van der Waals surface area contributed by atoms with Gasteiger partial charge in [0.2, 0.25) is 10.1 Å². The van der Waals surface area contributed by atoms with Gasteiger partial charge < -0.3 is 15.5 Å². The first-order valence-corrected chi connectivity index (χ1v) is 6.87. The van der Waals surface area contributed by atoms with Gasteiger partial charge in [-0.1, -0.05) is 11.3 Å². The van der Waals surface area contributed by atoms with E-state index in [1.54, 1.807) is 0 Å². The summed E-state index contributed by atoms with van der Waals surface area (Å²) < 4.78 is 0. The first-order chi connectivity index (χ1) is 8.52. The van der Waals surface area contributed by atoms with E-state index in [1.807, 2.05) is 27.9 Å². The van der Waals surface area contributed by atoms with Gasteiger partial charge in [0.25, 0.3) is 5.91 Å². The van der Waals surface area contributed by atoms with Crippen molar-refractivity contribution < 1.29 is 4.79 Å². The smallest absolute Gasteiger partial charge is 0.282 e. The van der Waals surface area contributed by atoms with Gasteiger partial charge in [-0.25, -0.2) is 0 Å². The fourth-order valence-electron chi connectivity index (χ4n) is 1.35. The van der Waals surface area contributed by atoms with Gasteiger partial charge in [0.15, 0.2) is 0 Å². The molecule has 0 saturated heterocycles. The summed E-state index contributed by atoms with van der Waals surface area (Å²) in [5, 5.41) is 14.8. The summed E-state index contributed by atoms with van der Waals surface area (Å²) in [4.78, 5) is 14.0. The lowest BCUT2D eigenvalue weighted by molar-refractivity contribution is 0.0935. The zero-order valence-corrected chi connectivity index (χ0v) is 12.2. The van der Waals surface area contributed by atoms with E-state index in [4.69, 9.17) is 0 Å². The monoisotopic (exact) mass is 271 g/mol. The maximum absolute atomic E-state index is 11.9. The molecule has 6 nitrogen and oxygen atoms in total. The Balaban J connectivity index is 2.43. The number of anilines is 1. The highest BCUT2D eigenvalue weighted by atomic mass is 32.1. The molecular formula is C11H21N5OS. The van der Waals surface area contributed by atoms with Gasteiger partial charge in [0.1, 0.15) is 0 Å². The lowest BCUT2D eigenvalue weighted by Gasteiger charge is -2.15. The minimum absolute atomic E-state index is 0.131. The number of carbonyl (C=O) groups is 1. The van der Waals surface area contributed by atoms with Crippen LogP contribution in [-0.2, 0) is 0 Å². The first-order valence-electron chi connectivity index (χ1n) is 6.06. The van der Waals surface area contributed by atoms with Gasteiger partial charge >= 0.3 is 0 Å². The van der Waals surface area contributed by atoms with Crippen LogP contribution in [0, 0.1) is 0 Å². The topological polar surface area (TPSA) is 70.1 Å². The second kappa shape index (κ2) is 7.27. The molecule has 1 amide bonds. The molecule has 2 N–H and O–H groups in total. The van der Waals surface area contributed by atoms with Gasteiger partial charge in [-0.05, 0) is 40.9 Å². The van der Waals surface area contributed by atoms with Crippen molar-refractivity contribution in [1.82, 2.24) is 20.4 Å². The predicted molar refractivity (Wildman–Crippen MR) is 74.2 cm³/mol. The molecule has 0 aliphatic heterocycles. The van der Waals surface area contributed by atoms with Crippen molar-refractivity contribution in [2.45, 2.75) is 26.3 Å². The summed E-state index contributed by atoms with van der Waals surface area (Å²) in [6.45, 7) is 5.69. The Kier molecular flexibility index (Phi) is 6.00. The highest BCUT2D eigenvalue weighted by Crippen LogP contribution is 2.14. The minimum Gasteiger partial charge on any atom is -0.360 e. The molecule has 1 unspecified atom stereocenters. The van der Waals surface area contributed by atoms with Crippen LogP contribution >= 0.6 is 11.3 Å². The summed E-state index contributed by atoms with van der Waals surface area (Å²) in [7, 11) is 4.03. The van der Waals surface area contributed by atoms with Crippen LogP contribution in [0.5, 0.6) is 0 Å². The SMILES string of the molecule is CCNc1nnc(C(=O)NC(C)CCN(C)C)s1. The average molecular weight is 271 g/mol. The standard InChI is InChI=1S/C11H21N5OS/c1-5-12-11-15-14-10(18-11)9(17)13-8(2)6-7-16(3)4/h8H,5-7H2,1-4H3,(H,12,15)(H,13,17). The molecule has 0 aliphatic rings. The molecule has 1 rings (SSSR count). The summed E-state index contributed by atoms with van der Waals surface area (Å²) in [6.07, 6.45) is 0.914. The summed E-state index contributed by atoms with van der Waals surface area (Å²) in [6, 6.07) is 0.131. The van der Waals surface area contributed by atoms with Gasteiger partial charge in [0, 0.05) is 12.6 Å². The minimum atomic E-state index is -0.150. The Hall–Kier alpha value is -1.21. The Labute approximate surface area is 112 Å². The second-order valence-electron chi connectivity index (χ2n) is 4.41. The predicted octanol–water partition coefficient (Wildman–Crippen LogP) is 1.04. The van der Waals surface area contributed by atoms with Crippen LogP contribution in [-0.4, -0.2) is 54.2 Å². The Morgan fingerprint density at radius 2 is 2.17 bits per heavy atom. The summed E-state index contributed by atoms with van der Waals surface area (Å²) >= 11 is 1.28. The number of nitrogens with one attached hydrogen (secondary N) is 2. The van der Waals surface area contributed by atoms with Gasteiger partial charge in [-0.15, -0.1) is 10.2 Å². The molecule has 102 valence electrons. The normalized spacial score (nSPS) is 12.5. The molecule has 1 heterocycles. The number of aromatic nitrogens is 2. The van der Waals surface area contributed by atoms with E-state index in [2.05, 4.69) is 25.7 Å². The first kappa shape index (κ1) is 14.8. The van der Waals surface area contributed by atoms with Crippen molar-refractivity contribution in [3.8, 4) is 0 Å². The third-order valence-electron chi connectivity index (χ3n) is 2.33. The molecule has 1 aromatic heterocycles. The number of rotatable bonds is 7. The molecule has 0 spiro atoms. The van der Waals surface area contributed by atoms with Crippen LogP contribution in [0.15, 0.2) is 0 Å². The molecule has 18 heavy (non-hydrogen) atoms. The van der Waals surface area contributed by atoms with Crippen molar-refractivity contribution in [2.24, 2.45) is 0 Å². The molecule has 1 atom stereocenters. The molecule has 0 aliphatic carbocycles. The molecule has 7 heteroatoms. The number of amides is 1. The van der Waals surface area contributed by atoms with E-state index in [0.29, 0.717) is 10.1 Å². The van der Waals surface area contributed by atoms with E-state index < -0.39 is 0 Å². The lowest BCUT2D eigenvalue weighted by Crippen LogP contribution is -2.34. The zero-order valence-electron chi connectivity index (χ0n) is 11.4. The van der Waals surface area contributed by atoms with Crippen molar-refractivity contribution in [3.63, 3.8) is 0 Å². The number of hydrogen-bond donors (Lipinski definition) is 2. The van der Waals surface area contributed by atoms with Crippen LogP contribution in [0.2, 0.25) is 0 Å². The van der Waals surface area contributed by atoms with Crippen LogP contribution in [0.25, 0.3) is 0 Å². The molecule has 0 bridgehead atoms. The van der Waals surface area contributed by atoms with Gasteiger partial charge in [-0.3, -0.25) is 4.79 Å². The maximum Gasteiger partial charge on any atom is 0.282 e. The van der Waals surface area contributed by atoms with Gasteiger partial charge in [0.05, 0.1) is 0 Å². The molecule has 0 fully saturated rings.